The largest absolute Gasteiger partial charge is 0.440 e. The molecule has 6 aliphatic rings. The van der Waals surface area contributed by atoms with Crippen molar-refractivity contribution in [2.24, 2.45) is 9.98 Å². The number of thiazole rings is 1. The zero-order valence-corrected chi connectivity index (χ0v) is 71.2. The maximum atomic E-state index is 13.4. The van der Waals surface area contributed by atoms with Gasteiger partial charge in [-0.05, 0) is 105 Å². The molecule has 0 fully saturated rings. The molecule has 5 aliphatic carbocycles. The summed E-state index contributed by atoms with van der Waals surface area (Å²) in [5.74, 6) is 2.80. The van der Waals surface area contributed by atoms with Crippen molar-refractivity contribution in [2.45, 2.75) is 48.5 Å². The van der Waals surface area contributed by atoms with Crippen LogP contribution in [0, 0.1) is 0 Å². The second-order valence-corrected chi connectivity index (χ2v) is 34.7. The van der Waals surface area contributed by atoms with Gasteiger partial charge in [0.2, 0.25) is 17.6 Å². The molecule has 0 bridgehead atoms. The summed E-state index contributed by atoms with van der Waals surface area (Å²) in [6.07, 6.45) is 19.5. The Morgan fingerprint density at radius 3 is 1.23 bits per heavy atom. The number of aliphatic imine (C=N–C) groups is 2. The van der Waals surface area contributed by atoms with E-state index < -0.39 is 0 Å². The first-order valence-electron chi connectivity index (χ1n) is 42.3. The molecule has 128 heavy (non-hydrogen) atoms. The van der Waals surface area contributed by atoms with E-state index >= 15 is 0 Å². The van der Waals surface area contributed by atoms with Crippen LogP contribution in [0.3, 0.4) is 0 Å². The van der Waals surface area contributed by atoms with Gasteiger partial charge < -0.3 is 8.83 Å². The minimum absolute atomic E-state index is 0.0301. The zero-order chi connectivity index (χ0) is 85.8. The normalized spacial score (nSPS) is 16.5. The monoisotopic (exact) mass is 1740 g/mol. The summed E-state index contributed by atoms with van der Waals surface area (Å²) in [7, 11) is 0. The van der Waals surface area contributed by atoms with Crippen LogP contribution >= 0.6 is 11.3 Å². The maximum Gasteiger partial charge on any atom is 0.229 e. The molecule has 1 aliphatic heterocycles. The van der Waals surface area contributed by atoms with E-state index in [0.717, 1.165) is 133 Å². The smallest absolute Gasteiger partial charge is 0.229 e. The fourth-order valence-electron chi connectivity index (χ4n) is 17.9. The van der Waals surface area contributed by atoms with Crippen LogP contribution in [-0.2, 0) is 17.6 Å². The van der Waals surface area contributed by atoms with Crippen LogP contribution in [0.25, 0.3) is 88.6 Å². The molecule has 0 radical (unpaired) electrons. The van der Waals surface area contributed by atoms with Crippen LogP contribution in [0.15, 0.2) is 414 Å². The molecule has 10 aromatic carbocycles. The molecular weight excluding hydrogens is 1670 g/mol. The van der Waals surface area contributed by atoms with Gasteiger partial charge in [-0.25, -0.2) is 19.9 Å². The van der Waals surface area contributed by atoms with Crippen LogP contribution in [0.1, 0.15) is 133 Å². The number of amidine groups is 1. The fraction of sp³-hybridized carbons (Fsp3) is 0.0727. The predicted molar refractivity (Wildman–Crippen MR) is 501 cm³/mol. The van der Waals surface area contributed by atoms with Crippen LogP contribution in [0.2, 0.25) is 0 Å². The van der Waals surface area contributed by atoms with E-state index in [2.05, 4.69) is 162 Å². The van der Waals surface area contributed by atoms with E-state index in [1.54, 1.807) is 60.9 Å². The molecule has 6 atom stereocenters. The van der Waals surface area contributed by atoms with Crippen LogP contribution in [0.5, 0.6) is 0 Å². The standard InChI is InChI=1S/C22H15N3O.C22H14N2O2.C22H14N2OSe.C22H16N2O.C22H16N2S/c26-21-18(14-7-2-1-3-8-14)16-10-4-5-11-17(16)19-20(21)25-22(24-19)15-9-6-12-23-13-15;2*25-20-18(14-7-2-1-3-8-14)16-10-4-5-11-17(16)19-21(20)26-22(24-19)15-9-6-12-23-13-15;2*1-2-7-15(8-3-1)19-13-20-21(18-11-5-4-10-17(18)19)24-22(25-20)16-9-6-12-23-14-16/h1-13,18-19H;2*1-13,18H;2*1-12,14,19H,13H2. The second kappa shape index (κ2) is 35.5. The molecule has 0 saturated carbocycles. The van der Waals surface area contributed by atoms with Gasteiger partial charge in [0.1, 0.15) is 33.9 Å². The molecule has 19 aromatic rings. The number of pyridine rings is 5. The average molecular weight is 1740 g/mol. The molecule has 0 spiro atoms. The third-order valence-corrected chi connectivity index (χ3v) is 27.3. The van der Waals surface area contributed by atoms with E-state index in [9.17, 15) is 14.4 Å². The minimum atomic E-state index is -0.380. The van der Waals surface area contributed by atoms with Crippen molar-refractivity contribution in [3.63, 3.8) is 0 Å². The van der Waals surface area contributed by atoms with Crippen molar-refractivity contribution in [3.05, 3.63) is 483 Å². The number of Topliss-reactive ketones (excluding diaryl/α,β-unsaturated/α-hetero) is 3. The number of hydrogen-bond donors (Lipinski definition) is 0. The zero-order valence-electron chi connectivity index (χ0n) is 68.7. The van der Waals surface area contributed by atoms with E-state index in [-0.39, 0.29) is 55.6 Å². The Labute approximate surface area is 747 Å². The molecule has 18 heteroatoms. The Bertz CT molecular complexity index is 7000. The summed E-state index contributed by atoms with van der Waals surface area (Å²) < 4.78 is 13.9. The number of oxazole rings is 2. The van der Waals surface area contributed by atoms with Crippen molar-refractivity contribution in [1.82, 2.24) is 44.9 Å². The number of fused-ring (bicyclic) bond motifs is 15. The molecule has 0 saturated heterocycles. The van der Waals surface area contributed by atoms with E-state index in [1.165, 1.54) is 32.7 Å². The van der Waals surface area contributed by atoms with Gasteiger partial charge in [0.05, 0.1) is 28.7 Å². The Morgan fingerprint density at radius 2 is 0.711 bits per heavy atom. The number of aromatic nitrogens is 9. The number of hydrogen-bond acceptors (Lipinski definition) is 17. The Morgan fingerprint density at radius 1 is 0.312 bits per heavy atom. The summed E-state index contributed by atoms with van der Waals surface area (Å²) in [5, 5.41) is 1.06. The van der Waals surface area contributed by atoms with Crippen LogP contribution in [-0.4, -0.2) is 88.3 Å². The summed E-state index contributed by atoms with van der Waals surface area (Å²) >= 11 is 1.70. The first kappa shape index (κ1) is 79.5. The van der Waals surface area contributed by atoms with Crippen molar-refractivity contribution in [1.29, 1.82) is 0 Å². The Hall–Kier alpha value is -15.7. The minimum Gasteiger partial charge on any atom is -0.440 e. The first-order chi connectivity index (χ1) is 63.3. The number of carbonyl (C=O) groups excluding carboxylic acids is 3. The number of carbonyl (C=O) groups is 3. The first-order valence-corrected chi connectivity index (χ1v) is 44.8. The van der Waals surface area contributed by atoms with E-state index in [0.29, 0.717) is 46.6 Å². The second-order valence-electron chi connectivity index (χ2n) is 31.5. The Kier molecular flexibility index (Phi) is 22.0. The quantitative estimate of drug-likeness (QED) is 0.116. The molecule has 10 heterocycles. The van der Waals surface area contributed by atoms with Gasteiger partial charge in [-0.3, -0.25) is 34.5 Å². The number of nitrogens with zero attached hydrogens (tertiary/aromatic N) is 11. The molecule has 0 amide bonds. The van der Waals surface area contributed by atoms with Crippen molar-refractivity contribution >= 4 is 54.7 Å². The average Bonchev–Trinajstić information content (AvgIpc) is 1.69. The fourth-order valence-corrected chi connectivity index (χ4v) is 21.2. The van der Waals surface area contributed by atoms with Gasteiger partial charge in [-0.2, -0.15) is 0 Å². The molecule has 612 valence electrons. The summed E-state index contributed by atoms with van der Waals surface area (Å²) in [6, 6.07) is 111. The Balaban J connectivity index is 0.0000000972. The maximum absolute atomic E-state index is 13.4. The van der Waals surface area contributed by atoms with Crippen LogP contribution in [0.4, 0.5) is 0 Å². The summed E-state index contributed by atoms with van der Waals surface area (Å²) in [6.45, 7) is 0. The molecule has 6 unspecified atom stereocenters. The molecule has 25 rings (SSSR count). The number of benzene rings is 10. The SMILES string of the molecule is O=C1C2=NC(c3cccnc3)=NC2c2ccccc2C1c1ccccc1.O=C1c2[se]c(-c3cccnc3)nc2-c2ccccc2C1c1ccccc1.O=C1c2oc(-c3cccnc3)nc2-c2ccccc2C1c1ccccc1.c1ccc(C2Cc3oc(-c4cccnc4)nc3-c3ccccc32)cc1.c1ccc(C2Cc3sc(-c4cccnc4)nc3-c3ccccc32)cc1. The summed E-state index contributed by atoms with van der Waals surface area (Å²) in [5.41, 5.74) is 25.6. The van der Waals surface area contributed by atoms with Gasteiger partial charge in [0.25, 0.3) is 0 Å². The molecular formula is C110H75N11O5SSe. The topological polar surface area (TPSA) is 218 Å². The van der Waals surface area contributed by atoms with E-state index in [4.69, 9.17) is 28.8 Å². The van der Waals surface area contributed by atoms with Crippen LogP contribution < -0.4 is 0 Å². The third-order valence-electron chi connectivity index (χ3n) is 23.8. The number of rotatable bonds is 10. The van der Waals surface area contributed by atoms with Crippen molar-refractivity contribution in [3.8, 4) is 88.6 Å². The van der Waals surface area contributed by atoms with Gasteiger partial charge in [-0.15, -0.1) is 11.3 Å². The van der Waals surface area contributed by atoms with E-state index in [1.807, 2.05) is 219 Å². The predicted octanol–water partition coefficient (Wildman–Crippen LogP) is 23.3. The molecule has 9 aromatic heterocycles. The number of ketones is 3. The van der Waals surface area contributed by atoms with Gasteiger partial charge in [-0.1, -0.05) is 218 Å². The third kappa shape index (κ3) is 15.5. The van der Waals surface area contributed by atoms with Crippen molar-refractivity contribution in [2.75, 3.05) is 0 Å². The van der Waals surface area contributed by atoms with Gasteiger partial charge in [0.15, 0.2) is 17.4 Å². The van der Waals surface area contributed by atoms with Gasteiger partial charge in [0, 0.05) is 101 Å². The molecule has 16 nitrogen and oxygen atoms in total. The van der Waals surface area contributed by atoms with Crippen molar-refractivity contribution < 1.29 is 23.2 Å². The summed E-state index contributed by atoms with van der Waals surface area (Å²) in [4.78, 5) is 90.8. The van der Waals surface area contributed by atoms with Gasteiger partial charge >= 0.3 is 157 Å². The molecule has 0 N–H and O–H groups in total.